The van der Waals surface area contributed by atoms with Crippen LogP contribution in [0.15, 0.2) is 29.4 Å². The molecule has 1 N–H and O–H groups in total. The summed E-state index contributed by atoms with van der Waals surface area (Å²) >= 11 is 0. The van der Waals surface area contributed by atoms with Crippen LogP contribution in [-0.4, -0.2) is 26.2 Å². The number of nitrogens with zero attached hydrogens (tertiary/aromatic N) is 2. The van der Waals surface area contributed by atoms with Crippen LogP contribution in [0, 0.1) is 0 Å². The Labute approximate surface area is 121 Å². The van der Waals surface area contributed by atoms with Crippen LogP contribution in [0.2, 0.25) is 0 Å². The van der Waals surface area contributed by atoms with Crippen LogP contribution in [0.5, 0.6) is 0 Å². The van der Waals surface area contributed by atoms with E-state index >= 15 is 0 Å². The zero-order valence-electron chi connectivity index (χ0n) is 12.7. The molecule has 1 amide bonds. The molecule has 0 aliphatic rings. The molecule has 0 heterocycles. The minimum Gasteiger partial charge on any atom is -0.378 e. The van der Waals surface area contributed by atoms with Gasteiger partial charge in [-0.05, 0) is 37.1 Å². The van der Waals surface area contributed by atoms with E-state index in [4.69, 9.17) is 0 Å². The van der Waals surface area contributed by atoms with Crippen molar-refractivity contribution in [2.24, 2.45) is 5.10 Å². The highest BCUT2D eigenvalue weighted by Crippen LogP contribution is 2.11. The van der Waals surface area contributed by atoms with Gasteiger partial charge in [0.2, 0.25) is 0 Å². The number of rotatable bonds is 8. The second-order valence-electron chi connectivity index (χ2n) is 5.04. The molecule has 0 spiro atoms. The fourth-order valence-corrected chi connectivity index (χ4v) is 1.81. The van der Waals surface area contributed by atoms with Crippen molar-refractivity contribution in [3.8, 4) is 0 Å². The smallest absolute Gasteiger partial charge is 0.271 e. The molecule has 0 aliphatic heterocycles. The number of unbranched alkanes of at least 4 members (excludes halogenated alkanes) is 4. The summed E-state index contributed by atoms with van der Waals surface area (Å²) in [4.78, 5) is 13.8. The summed E-state index contributed by atoms with van der Waals surface area (Å²) in [6.45, 7) is 2.19. The Kier molecular flexibility index (Phi) is 7.40. The number of carbonyl (C=O) groups excluding carboxylic acids is 1. The largest absolute Gasteiger partial charge is 0.378 e. The van der Waals surface area contributed by atoms with E-state index in [1.165, 1.54) is 19.3 Å². The van der Waals surface area contributed by atoms with Crippen LogP contribution in [-0.2, 0) is 0 Å². The lowest BCUT2D eigenvalue weighted by Crippen LogP contribution is -2.17. The minimum atomic E-state index is -0.167. The second-order valence-corrected chi connectivity index (χ2v) is 5.04. The van der Waals surface area contributed by atoms with Crippen LogP contribution in [0.1, 0.15) is 49.4 Å². The highest BCUT2D eigenvalue weighted by atomic mass is 16.2. The van der Waals surface area contributed by atoms with Crippen molar-refractivity contribution in [2.45, 2.75) is 39.0 Å². The van der Waals surface area contributed by atoms with E-state index in [1.807, 2.05) is 31.1 Å². The normalized spacial score (nSPS) is 10.8. The predicted octanol–water partition coefficient (Wildman–Crippen LogP) is 3.44. The van der Waals surface area contributed by atoms with E-state index < -0.39 is 0 Å². The van der Waals surface area contributed by atoms with Gasteiger partial charge in [-0.3, -0.25) is 4.79 Å². The molecule has 0 atom stereocenters. The first-order valence-corrected chi connectivity index (χ1v) is 7.24. The average molecular weight is 275 g/mol. The Morgan fingerprint density at radius 1 is 1.20 bits per heavy atom. The van der Waals surface area contributed by atoms with E-state index in [0.29, 0.717) is 5.56 Å². The van der Waals surface area contributed by atoms with Crippen LogP contribution in [0.3, 0.4) is 0 Å². The van der Waals surface area contributed by atoms with Crippen molar-refractivity contribution in [1.29, 1.82) is 0 Å². The second kappa shape index (κ2) is 9.13. The lowest BCUT2D eigenvalue weighted by atomic mass is 10.2. The molecule has 110 valence electrons. The fraction of sp³-hybridized carbons (Fsp3) is 0.500. The first-order valence-electron chi connectivity index (χ1n) is 7.24. The summed E-state index contributed by atoms with van der Waals surface area (Å²) in [5.74, 6) is -0.167. The van der Waals surface area contributed by atoms with Gasteiger partial charge in [-0.15, -0.1) is 0 Å². The van der Waals surface area contributed by atoms with E-state index in [-0.39, 0.29) is 5.91 Å². The average Bonchev–Trinajstić information content (AvgIpc) is 2.46. The number of anilines is 1. The van der Waals surface area contributed by atoms with Crippen LogP contribution in [0.4, 0.5) is 5.69 Å². The molecule has 0 radical (unpaired) electrons. The number of hydrogen-bond acceptors (Lipinski definition) is 3. The topological polar surface area (TPSA) is 44.7 Å². The van der Waals surface area contributed by atoms with Gasteiger partial charge in [-0.25, -0.2) is 5.43 Å². The zero-order chi connectivity index (χ0) is 14.8. The Hall–Kier alpha value is -1.84. The highest BCUT2D eigenvalue weighted by Gasteiger charge is 2.04. The van der Waals surface area contributed by atoms with Gasteiger partial charge in [0.1, 0.15) is 0 Å². The van der Waals surface area contributed by atoms with Crippen molar-refractivity contribution < 1.29 is 4.79 Å². The van der Waals surface area contributed by atoms with Gasteiger partial charge in [0.25, 0.3) is 5.91 Å². The van der Waals surface area contributed by atoms with Gasteiger partial charge in [-0.1, -0.05) is 26.2 Å². The third kappa shape index (κ3) is 5.87. The molecule has 1 aromatic rings. The van der Waals surface area contributed by atoms with Crippen LogP contribution in [0.25, 0.3) is 0 Å². The molecule has 0 aliphatic carbocycles. The van der Waals surface area contributed by atoms with E-state index in [2.05, 4.69) is 17.5 Å². The van der Waals surface area contributed by atoms with Crippen molar-refractivity contribution in [2.75, 3.05) is 19.0 Å². The highest BCUT2D eigenvalue weighted by molar-refractivity contribution is 5.94. The van der Waals surface area contributed by atoms with E-state index in [1.54, 1.807) is 18.3 Å². The van der Waals surface area contributed by atoms with E-state index in [9.17, 15) is 4.79 Å². The molecule has 0 unspecified atom stereocenters. The Balaban J connectivity index is 2.33. The summed E-state index contributed by atoms with van der Waals surface area (Å²) in [7, 11) is 3.94. The van der Waals surface area contributed by atoms with Crippen LogP contribution < -0.4 is 10.3 Å². The van der Waals surface area contributed by atoms with Crippen LogP contribution >= 0.6 is 0 Å². The van der Waals surface area contributed by atoms with Gasteiger partial charge in [0.15, 0.2) is 0 Å². The molecule has 4 heteroatoms. The molecular weight excluding hydrogens is 250 g/mol. The predicted molar refractivity (Wildman–Crippen MR) is 85.5 cm³/mol. The standard InChI is InChI=1S/C16H25N3O/c1-4-5-6-7-8-13-17-18-16(20)14-9-11-15(12-10-14)19(2)3/h9-13H,4-8H2,1-3H3,(H,18,20)/b17-13-. The third-order valence-corrected chi connectivity index (χ3v) is 3.09. The number of carbonyl (C=O) groups is 1. The summed E-state index contributed by atoms with van der Waals surface area (Å²) in [6, 6.07) is 7.45. The molecule has 20 heavy (non-hydrogen) atoms. The lowest BCUT2D eigenvalue weighted by Gasteiger charge is -2.12. The quantitative estimate of drug-likeness (QED) is 0.449. The van der Waals surface area contributed by atoms with Gasteiger partial charge in [0, 0.05) is 31.6 Å². The fourth-order valence-electron chi connectivity index (χ4n) is 1.81. The molecular formula is C16H25N3O. The number of hydrogen-bond donors (Lipinski definition) is 1. The molecule has 0 bridgehead atoms. The molecule has 0 fully saturated rings. The van der Waals surface area contributed by atoms with Crippen molar-refractivity contribution in [3.05, 3.63) is 29.8 Å². The zero-order valence-corrected chi connectivity index (χ0v) is 12.7. The molecule has 1 aromatic carbocycles. The maximum Gasteiger partial charge on any atom is 0.271 e. The lowest BCUT2D eigenvalue weighted by molar-refractivity contribution is 0.0955. The van der Waals surface area contributed by atoms with Crippen molar-refractivity contribution in [3.63, 3.8) is 0 Å². The SMILES string of the molecule is CCCCCC/C=N\NC(=O)c1ccc(N(C)C)cc1. The van der Waals surface area contributed by atoms with Crippen molar-refractivity contribution in [1.82, 2.24) is 5.43 Å². The Bertz CT molecular complexity index is 424. The molecule has 0 saturated carbocycles. The summed E-state index contributed by atoms with van der Waals surface area (Å²) in [5.41, 5.74) is 4.25. The summed E-state index contributed by atoms with van der Waals surface area (Å²) in [6.07, 6.45) is 7.55. The first kappa shape index (κ1) is 16.2. The number of nitrogens with one attached hydrogen (secondary N) is 1. The molecule has 1 rings (SSSR count). The van der Waals surface area contributed by atoms with Gasteiger partial charge < -0.3 is 4.90 Å². The van der Waals surface area contributed by atoms with E-state index in [0.717, 1.165) is 18.5 Å². The molecule has 0 aromatic heterocycles. The Morgan fingerprint density at radius 3 is 2.50 bits per heavy atom. The number of benzene rings is 1. The van der Waals surface area contributed by atoms with Gasteiger partial charge in [-0.2, -0.15) is 5.10 Å². The number of hydrazone groups is 1. The minimum absolute atomic E-state index is 0.167. The number of amides is 1. The molecule has 0 saturated heterocycles. The maximum atomic E-state index is 11.8. The summed E-state index contributed by atoms with van der Waals surface area (Å²) in [5, 5.41) is 3.97. The third-order valence-electron chi connectivity index (χ3n) is 3.09. The molecule has 4 nitrogen and oxygen atoms in total. The monoisotopic (exact) mass is 275 g/mol. The first-order chi connectivity index (χ1) is 9.65. The maximum absolute atomic E-state index is 11.8. The van der Waals surface area contributed by atoms with Gasteiger partial charge in [0.05, 0.1) is 0 Å². The summed E-state index contributed by atoms with van der Waals surface area (Å²) < 4.78 is 0. The van der Waals surface area contributed by atoms with Gasteiger partial charge >= 0.3 is 0 Å². The van der Waals surface area contributed by atoms with Crippen molar-refractivity contribution >= 4 is 17.8 Å². The Morgan fingerprint density at radius 2 is 1.90 bits per heavy atom.